The summed E-state index contributed by atoms with van der Waals surface area (Å²) < 4.78 is 0. The van der Waals surface area contributed by atoms with E-state index >= 15 is 0 Å². The summed E-state index contributed by atoms with van der Waals surface area (Å²) in [7, 11) is 0. The molecule has 1 fully saturated rings. The maximum Gasteiger partial charge on any atom is 0.151 e. The number of hydrogen-bond donors (Lipinski definition) is 0. The Morgan fingerprint density at radius 1 is 1.05 bits per heavy atom. The van der Waals surface area contributed by atoms with E-state index in [4.69, 9.17) is 0 Å². The van der Waals surface area contributed by atoms with Crippen LogP contribution in [0, 0.1) is 20.8 Å². The number of carbonyl (C=O) groups is 1. The van der Waals surface area contributed by atoms with Gasteiger partial charge in [0.05, 0.1) is 6.04 Å². The van der Waals surface area contributed by atoms with Crippen molar-refractivity contribution in [3.8, 4) is 0 Å². The van der Waals surface area contributed by atoms with Gasteiger partial charge in [0, 0.05) is 0 Å². The minimum atomic E-state index is -0.0408. The summed E-state index contributed by atoms with van der Waals surface area (Å²) in [5, 5.41) is 0. The molecule has 104 valence electrons. The first-order valence-corrected chi connectivity index (χ1v) is 7.33. The van der Waals surface area contributed by atoms with E-state index in [9.17, 15) is 4.79 Å². The van der Waals surface area contributed by atoms with Crippen LogP contribution in [0.4, 0.5) is 0 Å². The molecule has 1 heterocycles. The Hall–Kier alpha value is -1.15. The van der Waals surface area contributed by atoms with Crippen LogP contribution in [0.5, 0.6) is 0 Å². The van der Waals surface area contributed by atoms with E-state index in [1.54, 1.807) is 6.92 Å². The maximum absolute atomic E-state index is 12.2. The van der Waals surface area contributed by atoms with Gasteiger partial charge in [-0.2, -0.15) is 0 Å². The molecule has 1 aliphatic heterocycles. The van der Waals surface area contributed by atoms with Gasteiger partial charge >= 0.3 is 0 Å². The number of nitrogens with zero attached hydrogens (tertiary/aromatic N) is 1. The van der Waals surface area contributed by atoms with Crippen LogP contribution in [-0.2, 0) is 4.79 Å². The molecule has 0 aliphatic carbocycles. The van der Waals surface area contributed by atoms with E-state index < -0.39 is 0 Å². The number of likely N-dealkylation sites (tertiary alicyclic amines) is 1. The zero-order chi connectivity index (χ0) is 14.0. The first-order chi connectivity index (χ1) is 9.00. The third-order valence-electron chi connectivity index (χ3n) is 4.15. The van der Waals surface area contributed by atoms with Gasteiger partial charge in [-0.25, -0.2) is 0 Å². The molecule has 0 radical (unpaired) electrons. The predicted molar refractivity (Wildman–Crippen MR) is 79.5 cm³/mol. The first-order valence-electron chi connectivity index (χ1n) is 7.33. The van der Waals surface area contributed by atoms with Crippen LogP contribution in [0.15, 0.2) is 12.1 Å². The topological polar surface area (TPSA) is 20.3 Å². The number of hydrogen-bond acceptors (Lipinski definition) is 2. The molecule has 1 aromatic rings. The van der Waals surface area contributed by atoms with Crippen LogP contribution < -0.4 is 0 Å². The molecule has 2 heteroatoms. The van der Waals surface area contributed by atoms with Gasteiger partial charge in [-0.3, -0.25) is 9.69 Å². The Morgan fingerprint density at radius 2 is 1.58 bits per heavy atom. The van der Waals surface area contributed by atoms with Gasteiger partial charge in [0.1, 0.15) is 0 Å². The van der Waals surface area contributed by atoms with Crippen molar-refractivity contribution in [3.05, 3.63) is 34.4 Å². The Bertz CT molecular complexity index is 449. The summed E-state index contributed by atoms with van der Waals surface area (Å²) in [4.78, 5) is 14.6. The summed E-state index contributed by atoms with van der Waals surface area (Å²) in [5.74, 6) is 0.275. The highest BCUT2D eigenvalue weighted by Gasteiger charge is 2.28. The second-order valence-corrected chi connectivity index (χ2v) is 5.92. The van der Waals surface area contributed by atoms with Gasteiger partial charge < -0.3 is 0 Å². The Labute approximate surface area is 116 Å². The summed E-state index contributed by atoms with van der Waals surface area (Å²) in [6, 6.07) is 4.35. The molecular formula is C17H25NO. The zero-order valence-corrected chi connectivity index (χ0v) is 12.6. The van der Waals surface area contributed by atoms with Crippen LogP contribution in [0.2, 0.25) is 0 Å². The minimum absolute atomic E-state index is 0.0408. The van der Waals surface area contributed by atoms with E-state index in [0.29, 0.717) is 0 Å². The third-order valence-corrected chi connectivity index (χ3v) is 4.15. The first kappa shape index (κ1) is 14.3. The summed E-state index contributed by atoms with van der Waals surface area (Å²) in [5.41, 5.74) is 5.02. The fraction of sp³-hybridized carbons (Fsp3) is 0.588. The molecule has 1 aliphatic rings. The second-order valence-electron chi connectivity index (χ2n) is 5.92. The minimum Gasteiger partial charge on any atom is -0.298 e. The number of Topliss-reactive ketones (excluding diaryl/α,β-unsaturated/α-hetero) is 1. The van der Waals surface area contributed by atoms with Crippen LogP contribution in [0.25, 0.3) is 0 Å². The van der Waals surface area contributed by atoms with Crippen LogP contribution >= 0.6 is 0 Å². The average molecular weight is 259 g/mol. The van der Waals surface area contributed by atoms with Gasteiger partial charge in [0.2, 0.25) is 0 Å². The van der Waals surface area contributed by atoms with Crippen molar-refractivity contribution in [1.82, 2.24) is 4.90 Å². The highest BCUT2D eigenvalue weighted by Crippen LogP contribution is 2.31. The molecule has 0 N–H and O–H groups in total. The number of aryl methyl sites for hydroxylation is 3. The Morgan fingerprint density at radius 3 is 2.05 bits per heavy atom. The van der Waals surface area contributed by atoms with Gasteiger partial charge in [0.15, 0.2) is 5.78 Å². The van der Waals surface area contributed by atoms with Crippen molar-refractivity contribution < 1.29 is 4.79 Å². The highest BCUT2D eigenvalue weighted by molar-refractivity contribution is 5.83. The lowest BCUT2D eigenvalue weighted by Gasteiger charge is -2.35. The van der Waals surface area contributed by atoms with Crippen molar-refractivity contribution in [2.45, 2.75) is 53.0 Å². The van der Waals surface area contributed by atoms with E-state index in [-0.39, 0.29) is 11.8 Å². The number of carbonyl (C=O) groups excluding carboxylic acids is 1. The van der Waals surface area contributed by atoms with Crippen molar-refractivity contribution in [2.24, 2.45) is 0 Å². The van der Waals surface area contributed by atoms with Crippen LogP contribution in [0.3, 0.4) is 0 Å². The lowest BCUT2D eigenvalue weighted by molar-refractivity contribution is -0.122. The predicted octanol–water partition coefficient (Wildman–Crippen LogP) is 3.73. The largest absolute Gasteiger partial charge is 0.298 e. The molecule has 2 rings (SSSR count). The van der Waals surface area contributed by atoms with E-state index in [0.717, 1.165) is 13.1 Å². The fourth-order valence-corrected chi connectivity index (χ4v) is 3.44. The number of benzene rings is 1. The molecular weight excluding hydrogens is 234 g/mol. The third kappa shape index (κ3) is 3.06. The summed E-state index contributed by atoms with van der Waals surface area (Å²) in [6.07, 6.45) is 3.73. The van der Waals surface area contributed by atoms with Gasteiger partial charge in [0.25, 0.3) is 0 Å². The van der Waals surface area contributed by atoms with Crippen molar-refractivity contribution in [1.29, 1.82) is 0 Å². The van der Waals surface area contributed by atoms with Gasteiger partial charge in [-0.15, -0.1) is 0 Å². The normalized spacial score (nSPS) is 18.3. The van der Waals surface area contributed by atoms with Gasteiger partial charge in [-0.1, -0.05) is 24.1 Å². The monoisotopic (exact) mass is 259 g/mol. The van der Waals surface area contributed by atoms with E-state index in [2.05, 4.69) is 37.8 Å². The van der Waals surface area contributed by atoms with E-state index in [1.807, 2.05) is 0 Å². The Balaban J connectivity index is 2.41. The summed E-state index contributed by atoms with van der Waals surface area (Å²) in [6.45, 7) is 10.2. The quantitative estimate of drug-likeness (QED) is 0.824. The molecule has 1 unspecified atom stereocenters. The standard InChI is InChI=1S/C17H25NO/c1-12-10-13(2)16(14(3)11-12)17(15(4)19)18-8-6-5-7-9-18/h10-11,17H,5-9H2,1-4H3. The number of piperidine rings is 1. The molecule has 0 amide bonds. The second kappa shape index (κ2) is 5.87. The van der Waals surface area contributed by atoms with Crippen LogP contribution in [-0.4, -0.2) is 23.8 Å². The zero-order valence-electron chi connectivity index (χ0n) is 12.6. The van der Waals surface area contributed by atoms with Crippen molar-refractivity contribution >= 4 is 5.78 Å². The highest BCUT2D eigenvalue weighted by atomic mass is 16.1. The molecule has 1 atom stereocenters. The van der Waals surface area contributed by atoms with E-state index in [1.165, 1.54) is 41.5 Å². The number of ketones is 1. The summed E-state index contributed by atoms with van der Waals surface area (Å²) >= 11 is 0. The molecule has 2 nitrogen and oxygen atoms in total. The molecule has 0 spiro atoms. The fourth-order valence-electron chi connectivity index (χ4n) is 3.44. The molecule has 0 saturated carbocycles. The van der Waals surface area contributed by atoms with Crippen LogP contribution in [0.1, 0.15) is 54.5 Å². The molecule has 0 bridgehead atoms. The smallest absolute Gasteiger partial charge is 0.151 e. The number of rotatable bonds is 3. The molecule has 1 saturated heterocycles. The SMILES string of the molecule is CC(=O)C(c1c(C)cc(C)cc1C)N1CCCCC1. The molecule has 19 heavy (non-hydrogen) atoms. The molecule has 0 aromatic heterocycles. The van der Waals surface area contributed by atoms with Crippen molar-refractivity contribution in [3.63, 3.8) is 0 Å². The van der Waals surface area contributed by atoms with Crippen molar-refractivity contribution in [2.75, 3.05) is 13.1 Å². The molecule has 1 aromatic carbocycles. The van der Waals surface area contributed by atoms with Gasteiger partial charge in [-0.05, 0) is 70.3 Å². The lowest BCUT2D eigenvalue weighted by Crippen LogP contribution is -2.37. The maximum atomic E-state index is 12.2. The Kier molecular flexibility index (Phi) is 4.41. The average Bonchev–Trinajstić information content (AvgIpc) is 2.34. The lowest BCUT2D eigenvalue weighted by atomic mass is 9.90.